The lowest BCUT2D eigenvalue weighted by atomic mass is 10.0. The van der Waals surface area contributed by atoms with Gasteiger partial charge in [-0.25, -0.2) is 18.0 Å². The lowest BCUT2D eigenvalue weighted by Crippen LogP contribution is -2.09. The third-order valence-electron chi connectivity index (χ3n) is 3.64. The lowest BCUT2D eigenvalue weighted by molar-refractivity contribution is -0.159. The summed E-state index contributed by atoms with van der Waals surface area (Å²) in [6.45, 7) is 3.88. The topological polar surface area (TPSA) is 127 Å². The number of benzene rings is 2. The summed E-state index contributed by atoms with van der Waals surface area (Å²) in [5.41, 5.74) is 0.659. The normalized spacial score (nSPS) is 10.6. The fourth-order valence-electron chi connectivity index (χ4n) is 2.38. The second kappa shape index (κ2) is 9.75. The van der Waals surface area contributed by atoms with Crippen molar-refractivity contribution in [2.75, 3.05) is 14.2 Å². The van der Waals surface area contributed by atoms with Crippen LogP contribution in [0, 0.1) is 0 Å². The van der Waals surface area contributed by atoms with Gasteiger partial charge < -0.3 is 19.7 Å². The predicted octanol–water partition coefficient (Wildman–Crippen LogP) is 2.82. The molecule has 2 aromatic rings. The summed E-state index contributed by atoms with van der Waals surface area (Å²) in [4.78, 5) is 18.7. The second-order valence-corrected chi connectivity index (χ2v) is 7.74. The van der Waals surface area contributed by atoms with Crippen LogP contribution in [0.2, 0.25) is 0 Å². The van der Waals surface area contributed by atoms with Crippen LogP contribution in [0.25, 0.3) is 0 Å². The molecular weight excluding hydrogens is 388 g/mol. The molecule has 0 bridgehead atoms. The number of hydrogen-bond donors (Lipinski definition) is 2. The second-order valence-electron chi connectivity index (χ2n) is 5.82. The Morgan fingerprint density at radius 3 is 1.86 bits per heavy atom. The monoisotopic (exact) mass is 410 g/mol. The van der Waals surface area contributed by atoms with Crippen molar-refractivity contribution in [3.8, 4) is 11.5 Å². The van der Waals surface area contributed by atoms with Crippen molar-refractivity contribution in [3.63, 3.8) is 0 Å². The lowest BCUT2D eigenvalue weighted by Gasteiger charge is -2.18. The van der Waals surface area contributed by atoms with E-state index in [1.807, 2.05) is 13.8 Å². The third kappa shape index (κ3) is 5.46. The van der Waals surface area contributed by atoms with Gasteiger partial charge in [0, 0.05) is 11.6 Å². The van der Waals surface area contributed by atoms with Gasteiger partial charge in [0.25, 0.3) is 0 Å². The van der Waals surface area contributed by atoms with Crippen molar-refractivity contribution in [2.24, 2.45) is 0 Å². The highest BCUT2D eigenvalue weighted by molar-refractivity contribution is 7.91. The summed E-state index contributed by atoms with van der Waals surface area (Å²) in [7, 11) is -0.610. The highest BCUT2D eigenvalue weighted by Crippen LogP contribution is 2.38. The summed E-state index contributed by atoms with van der Waals surface area (Å²) in [5.74, 6) is -2.68. The van der Waals surface area contributed by atoms with Crippen LogP contribution in [-0.4, -0.2) is 44.8 Å². The van der Waals surface area contributed by atoms with E-state index >= 15 is 0 Å². The Bertz CT molecular complexity index is 922. The molecule has 0 aliphatic carbocycles. The van der Waals surface area contributed by atoms with Gasteiger partial charge in [0.2, 0.25) is 9.84 Å². The standard InChI is InChI=1S/C17H20O4S.C2H2O4/c1-12(2)17-15(21-4)10-13(20-3)11-16(17)22(18,19)14-8-6-5-7-9-14;3-1(4)2(5)6/h5-12H,1-4H3;(H,3,4)(H,5,6). The van der Waals surface area contributed by atoms with Gasteiger partial charge in [-0.2, -0.15) is 0 Å². The minimum atomic E-state index is -3.64. The first-order valence-electron chi connectivity index (χ1n) is 8.08. The SMILES string of the molecule is COc1cc(OC)c(C(C)C)c(S(=O)(=O)c2ccccc2)c1.O=C(O)C(=O)O. The molecule has 9 heteroatoms. The van der Waals surface area contributed by atoms with E-state index in [1.54, 1.807) is 42.5 Å². The molecule has 2 N–H and O–H groups in total. The van der Waals surface area contributed by atoms with Gasteiger partial charge in [0.1, 0.15) is 11.5 Å². The van der Waals surface area contributed by atoms with Gasteiger partial charge in [0.05, 0.1) is 24.0 Å². The average Bonchev–Trinajstić information content (AvgIpc) is 2.67. The molecule has 0 aliphatic heterocycles. The van der Waals surface area contributed by atoms with Crippen molar-refractivity contribution < 1.29 is 37.7 Å². The van der Waals surface area contributed by atoms with E-state index in [-0.39, 0.29) is 15.7 Å². The molecule has 2 aromatic carbocycles. The Kier molecular flexibility index (Phi) is 8.00. The number of carboxylic acid groups (broad SMARTS) is 2. The highest BCUT2D eigenvalue weighted by Gasteiger charge is 2.26. The predicted molar refractivity (Wildman–Crippen MR) is 101 cm³/mol. The first-order valence-corrected chi connectivity index (χ1v) is 9.56. The van der Waals surface area contributed by atoms with Crippen molar-refractivity contribution in [1.82, 2.24) is 0 Å². The minimum Gasteiger partial charge on any atom is -0.497 e. The fourth-order valence-corrected chi connectivity index (χ4v) is 4.05. The third-order valence-corrected chi connectivity index (χ3v) is 5.45. The van der Waals surface area contributed by atoms with Gasteiger partial charge in [0.15, 0.2) is 0 Å². The van der Waals surface area contributed by atoms with Crippen molar-refractivity contribution >= 4 is 21.8 Å². The van der Waals surface area contributed by atoms with Gasteiger partial charge in [-0.05, 0) is 24.1 Å². The number of ether oxygens (including phenoxy) is 2. The number of methoxy groups -OCH3 is 2. The number of hydrogen-bond acceptors (Lipinski definition) is 6. The molecule has 2 rings (SSSR count). The Morgan fingerprint density at radius 2 is 1.46 bits per heavy atom. The molecule has 0 heterocycles. The summed E-state index contributed by atoms with van der Waals surface area (Å²) < 4.78 is 36.6. The number of aliphatic carboxylic acids is 2. The molecule has 0 spiro atoms. The first-order chi connectivity index (χ1) is 13.1. The Labute approximate surface area is 163 Å². The van der Waals surface area contributed by atoms with Gasteiger partial charge in [-0.15, -0.1) is 0 Å². The summed E-state index contributed by atoms with van der Waals surface area (Å²) in [6, 6.07) is 11.6. The zero-order chi connectivity index (χ0) is 21.5. The van der Waals surface area contributed by atoms with Crippen molar-refractivity contribution in [1.29, 1.82) is 0 Å². The van der Waals surface area contributed by atoms with Gasteiger partial charge in [-0.3, -0.25) is 0 Å². The number of carbonyl (C=O) groups is 2. The molecule has 0 saturated carbocycles. The largest absolute Gasteiger partial charge is 0.497 e. The van der Waals surface area contributed by atoms with E-state index < -0.39 is 21.8 Å². The van der Waals surface area contributed by atoms with Crippen LogP contribution in [0.4, 0.5) is 0 Å². The highest BCUT2D eigenvalue weighted by atomic mass is 32.2. The van der Waals surface area contributed by atoms with Crippen LogP contribution < -0.4 is 9.47 Å². The van der Waals surface area contributed by atoms with Crippen LogP contribution in [0.5, 0.6) is 11.5 Å². The van der Waals surface area contributed by atoms with Crippen LogP contribution in [-0.2, 0) is 19.4 Å². The van der Waals surface area contributed by atoms with E-state index in [4.69, 9.17) is 29.3 Å². The van der Waals surface area contributed by atoms with Crippen molar-refractivity contribution in [2.45, 2.75) is 29.6 Å². The van der Waals surface area contributed by atoms with E-state index in [0.717, 1.165) is 0 Å². The molecule has 0 aromatic heterocycles. The molecule has 8 nitrogen and oxygen atoms in total. The molecule has 0 fully saturated rings. The zero-order valence-electron chi connectivity index (χ0n) is 15.9. The quantitative estimate of drug-likeness (QED) is 0.721. The van der Waals surface area contributed by atoms with E-state index in [2.05, 4.69) is 0 Å². The molecule has 0 atom stereocenters. The Balaban J connectivity index is 0.000000568. The molecule has 0 aliphatic rings. The van der Waals surface area contributed by atoms with Crippen LogP contribution >= 0.6 is 0 Å². The molecule has 0 saturated heterocycles. The summed E-state index contributed by atoms with van der Waals surface area (Å²) >= 11 is 0. The summed E-state index contributed by atoms with van der Waals surface area (Å²) in [5, 5.41) is 14.8. The maximum atomic E-state index is 13.0. The Morgan fingerprint density at radius 1 is 0.929 bits per heavy atom. The van der Waals surface area contributed by atoms with E-state index in [0.29, 0.717) is 17.1 Å². The van der Waals surface area contributed by atoms with E-state index in [9.17, 15) is 8.42 Å². The number of rotatable bonds is 5. The van der Waals surface area contributed by atoms with Gasteiger partial charge >= 0.3 is 11.9 Å². The zero-order valence-corrected chi connectivity index (χ0v) is 16.7. The van der Waals surface area contributed by atoms with E-state index in [1.165, 1.54) is 14.2 Å². The molecule has 0 amide bonds. The molecular formula is C19H22O8S. The molecule has 152 valence electrons. The molecule has 0 unspecified atom stereocenters. The number of sulfone groups is 1. The smallest absolute Gasteiger partial charge is 0.414 e. The molecule has 28 heavy (non-hydrogen) atoms. The maximum Gasteiger partial charge on any atom is 0.414 e. The van der Waals surface area contributed by atoms with Gasteiger partial charge in [-0.1, -0.05) is 32.0 Å². The average molecular weight is 410 g/mol. The maximum absolute atomic E-state index is 13.0. The minimum absolute atomic E-state index is 0.00524. The molecule has 0 radical (unpaired) electrons. The summed E-state index contributed by atoms with van der Waals surface area (Å²) in [6.07, 6.45) is 0. The first kappa shape index (κ1) is 23.0. The van der Waals surface area contributed by atoms with Crippen LogP contribution in [0.1, 0.15) is 25.3 Å². The van der Waals surface area contributed by atoms with Crippen molar-refractivity contribution in [3.05, 3.63) is 48.0 Å². The van der Waals surface area contributed by atoms with Crippen LogP contribution in [0.3, 0.4) is 0 Å². The fraction of sp³-hybridized carbons (Fsp3) is 0.263. The number of carboxylic acids is 2. The van der Waals surface area contributed by atoms with Crippen LogP contribution in [0.15, 0.2) is 52.3 Å². The Hall–Kier alpha value is -3.07.